The van der Waals surface area contributed by atoms with E-state index in [4.69, 9.17) is 25.8 Å². The Kier molecular flexibility index (Phi) is 6.38. The van der Waals surface area contributed by atoms with Crippen molar-refractivity contribution >= 4 is 56.4 Å². The van der Waals surface area contributed by atoms with Gasteiger partial charge in [0.25, 0.3) is 5.91 Å². The molecular formula is C18H17ClN2O5S2. The van der Waals surface area contributed by atoms with Crippen molar-refractivity contribution in [1.29, 1.82) is 0 Å². The molecular weight excluding hydrogens is 424 g/mol. The van der Waals surface area contributed by atoms with Gasteiger partial charge in [0.05, 0.1) is 42.3 Å². The van der Waals surface area contributed by atoms with Crippen LogP contribution in [0.3, 0.4) is 0 Å². The highest BCUT2D eigenvalue weighted by Crippen LogP contribution is 2.33. The third kappa shape index (κ3) is 4.37. The van der Waals surface area contributed by atoms with Crippen molar-refractivity contribution in [3.8, 4) is 11.5 Å². The number of nitrogens with zero attached hydrogens (tertiary/aromatic N) is 2. The molecule has 3 rings (SSSR count). The number of thiazole rings is 1. The van der Waals surface area contributed by atoms with Gasteiger partial charge in [0.1, 0.15) is 6.54 Å². The molecule has 2 aromatic heterocycles. The predicted molar refractivity (Wildman–Crippen MR) is 109 cm³/mol. The Hall–Kier alpha value is -2.36. The van der Waals surface area contributed by atoms with Gasteiger partial charge in [-0.1, -0.05) is 22.9 Å². The van der Waals surface area contributed by atoms with Gasteiger partial charge in [0, 0.05) is 17.0 Å². The van der Waals surface area contributed by atoms with Crippen molar-refractivity contribution in [3.63, 3.8) is 0 Å². The second-order valence-corrected chi connectivity index (χ2v) is 8.42. The fourth-order valence-corrected chi connectivity index (χ4v) is 4.71. The zero-order valence-corrected chi connectivity index (χ0v) is 17.7. The van der Waals surface area contributed by atoms with Crippen molar-refractivity contribution in [2.24, 2.45) is 4.99 Å². The lowest BCUT2D eigenvalue weighted by Gasteiger charge is -2.09. The number of carbonyl (C=O) groups is 2. The number of hydrogen-bond donors (Lipinski definition) is 0. The summed E-state index contributed by atoms with van der Waals surface area (Å²) < 4.78 is 18.5. The summed E-state index contributed by atoms with van der Waals surface area (Å²) >= 11 is 8.53. The number of ether oxygens (including phenoxy) is 3. The Labute approximate surface area is 173 Å². The standard InChI is InChI=1S/C18H17ClN2O5S2/c1-24-12-7-11-14(8-13(12)25-2)28-18(21(11)9-17(23)26-3)20-16(22)6-10-4-5-15(19)27-10/h4-5,7-8H,6,9H2,1-3H3. The molecule has 0 bridgehead atoms. The molecule has 10 heteroatoms. The molecule has 1 aromatic carbocycles. The monoisotopic (exact) mass is 440 g/mol. The molecule has 0 aliphatic rings. The van der Waals surface area contributed by atoms with Gasteiger partial charge in [0.2, 0.25) is 0 Å². The zero-order chi connectivity index (χ0) is 20.3. The molecule has 2 heterocycles. The highest BCUT2D eigenvalue weighted by Gasteiger charge is 2.16. The lowest BCUT2D eigenvalue weighted by Crippen LogP contribution is -2.22. The number of esters is 1. The van der Waals surface area contributed by atoms with Crippen LogP contribution < -0.4 is 14.3 Å². The quantitative estimate of drug-likeness (QED) is 0.549. The minimum absolute atomic E-state index is 0.0804. The molecule has 0 aliphatic carbocycles. The highest BCUT2D eigenvalue weighted by atomic mass is 35.5. The second kappa shape index (κ2) is 8.76. The van der Waals surface area contributed by atoms with Crippen LogP contribution in [0.4, 0.5) is 0 Å². The van der Waals surface area contributed by atoms with Crippen LogP contribution in [0.2, 0.25) is 4.34 Å². The molecule has 148 valence electrons. The molecule has 0 saturated carbocycles. The van der Waals surface area contributed by atoms with E-state index in [2.05, 4.69) is 4.99 Å². The normalized spacial score (nSPS) is 11.6. The van der Waals surface area contributed by atoms with Gasteiger partial charge < -0.3 is 18.8 Å². The summed E-state index contributed by atoms with van der Waals surface area (Å²) in [5, 5.41) is 0. The summed E-state index contributed by atoms with van der Waals surface area (Å²) in [5.41, 5.74) is 0.693. The molecule has 28 heavy (non-hydrogen) atoms. The molecule has 0 radical (unpaired) electrons. The average Bonchev–Trinajstić information content (AvgIpc) is 3.23. The van der Waals surface area contributed by atoms with E-state index in [-0.39, 0.29) is 18.9 Å². The van der Waals surface area contributed by atoms with E-state index in [1.807, 2.05) is 0 Å². The third-order valence-electron chi connectivity index (χ3n) is 3.88. The van der Waals surface area contributed by atoms with Gasteiger partial charge in [-0.25, -0.2) is 0 Å². The Morgan fingerprint density at radius 3 is 2.43 bits per heavy atom. The minimum Gasteiger partial charge on any atom is -0.493 e. The van der Waals surface area contributed by atoms with Gasteiger partial charge in [0.15, 0.2) is 16.3 Å². The lowest BCUT2D eigenvalue weighted by molar-refractivity contribution is -0.141. The molecule has 0 N–H and O–H groups in total. The molecule has 1 amide bonds. The number of halogens is 1. The molecule has 0 unspecified atom stereocenters. The number of rotatable bonds is 6. The molecule has 3 aromatic rings. The summed E-state index contributed by atoms with van der Waals surface area (Å²) in [6.45, 7) is -0.0804. The number of thiophene rings is 1. The number of hydrogen-bond acceptors (Lipinski definition) is 7. The van der Waals surface area contributed by atoms with Crippen LogP contribution in [0.5, 0.6) is 11.5 Å². The van der Waals surface area contributed by atoms with E-state index in [0.717, 1.165) is 9.58 Å². The Morgan fingerprint density at radius 1 is 1.11 bits per heavy atom. The first-order valence-electron chi connectivity index (χ1n) is 8.09. The van der Waals surface area contributed by atoms with E-state index in [1.165, 1.54) is 36.9 Å². The van der Waals surface area contributed by atoms with Crippen LogP contribution in [0.15, 0.2) is 29.3 Å². The Bertz CT molecular complexity index is 1100. The van der Waals surface area contributed by atoms with Crippen LogP contribution in [-0.2, 0) is 27.3 Å². The largest absolute Gasteiger partial charge is 0.493 e. The van der Waals surface area contributed by atoms with Crippen molar-refractivity contribution in [1.82, 2.24) is 4.57 Å². The zero-order valence-electron chi connectivity index (χ0n) is 15.4. The van der Waals surface area contributed by atoms with E-state index in [0.29, 0.717) is 26.2 Å². The number of aromatic nitrogens is 1. The van der Waals surface area contributed by atoms with Crippen LogP contribution in [-0.4, -0.2) is 37.8 Å². The van der Waals surface area contributed by atoms with Crippen molar-refractivity contribution < 1.29 is 23.8 Å². The first-order chi connectivity index (χ1) is 13.4. The minimum atomic E-state index is -0.451. The molecule has 7 nitrogen and oxygen atoms in total. The van der Waals surface area contributed by atoms with E-state index >= 15 is 0 Å². The first kappa shape index (κ1) is 20.4. The Morgan fingerprint density at radius 2 is 1.82 bits per heavy atom. The van der Waals surface area contributed by atoms with Crippen molar-refractivity contribution in [3.05, 3.63) is 38.3 Å². The molecule has 0 aliphatic heterocycles. The van der Waals surface area contributed by atoms with E-state index < -0.39 is 5.97 Å². The number of carbonyl (C=O) groups excluding carboxylic acids is 2. The van der Waals surface area contributed by atoms with Crippen molar-refractivity contribution in [2.75, 3.05) is 21.3 Å². The smallest absolute Gasteiger partial charge is 0.325 e. The summed E-state index contributed by atoms with van der Waals surface area (Å²) in [6.07, 6.45) is 0.135. The summed E-state index contributed by atoms with van der Waals surface area (Å²) in [4.78, 5) is 29.8. The molecule has 0 fully saturated rings. The maximum Gasteiger partial charge on any atom is 0.325 e. The number of benzene rings is 1. The van der Waals surface area contributed by atoms with E-state index in [9.17, 15) is 9.59 Å². The van der Waals surface area contributed by atoms with Crippen molar-refractivity contribution in [2.45, 2.75) is 13.0 Å². The Balaban J connectivity index is 2.09. The predicted octanol–water partition coefficient (Wildman–Crippen LogP) is 3.28. The lowest BCUT2D eigenvalue weighted by atomic mass is 10.3. The SMILES string of the molecule is COC(=O)Cn1c(=NC(=O)Cc2ccc(Cl)s2)sc2cc(OC)c(OC)cc21. The molecule has 0 spiro atoms. The van der Waals surface area contributed by atoms with Gasteiger partial charge in [-0.05, 0) is 12.1 Å². The van der Waals surface area contributed by atoms with E-state index in [1.54, 1.807) is 35.9 Å². The summed E-state index contributed by atoms with van der Waals surface area (Å²) in [5.74, 6) is 0.279. The highest BCUT2D eigenvalue weighted by molar-refractivity contribution is 7.16. The van der Waals surface area contributed by atoms with Gasteiger partial charge >= 0.3 is 5.97 Å². The number of methoxy groups -OCH3 is 3. The van der Waals surface area contributed by atoms with Crippen LogP contribution in [0.25, 0.3) is 10.2 Å². The average molecular weight is 441 g/mol. The van der Waals surface area contributed by atoms with Crippen LogP contribution in [0, 0.1) is 0 Å². The topological polar surface area (TPSA) is 79.1 Å². The summed E-state index contributed by atoms with van der Waals surface area (Å²) in [7, 11) is 4.38. The van der Waals surface area contributed by atoms with Gasteiger partial charge in [-0.15, -0.1) is 11.3 Å². The first-order valence-corrected chi connectivity index (χ1v) is 10.1. The second-order valence-electron chi connectivity index (χ2n) is 5.61. The van der Waals surface area contributed by atoms with Gasteiger partial charge in [-0.2, -0.15) is 4.99 Å². The third-order valence-corrected chi connectivity index (χ3v) is 6.15. The number of fused-ring (bicyclic) bond motifs is 1. The maximum atomic E-state index is 12.4. The fourth-order valence-electron chi connectivity index (χ4n) is 2.57. The molecule has 0 atom stereocenters. The summed E-state index contributed by atoms with van der Waals surface area (Å²) in [6, 6.07) is 7.07. The van der Waals surface area contributed by atoms with Crippen LogP contribution in [0.1, 0.15) is 4.88 Å². The fraction of sp³-hybridized carbons (Fsp3) is 0.278. The van der Waals surface area contributed by atoms with Gasteiger partial charge in [-0.3, -0.25) is 9.59 Å². The maximum absolute atomic E-state index is 12.4. The molecule has 0 saturated heterocycles. The van der Waals surface area contributed by atoms with Crippen LogP contribution >= 0.6 is 34.3 Å². The number of amides is 1.